The van der Waals surface area contributed by atoms with Gasteiger partial charge < -0.3 is 20.4 Å². The van der Waals surface area contributed by atoms with Crippen LogP contribution < -0.4 is 5.32 Å². The van der Waals surface area contributed by atoms with Crippen molar-refractivity contribution in [2.75, 3.05) is 19.7 Å². The minimum absolute atomic E-state index is 0.0353. The number of carbonyl (C=O) groups excluding carboxylic acids is 1. The van der Waals surface area contributed by atoms with E-state index in [1.807, 2.05) is 0 Å². The molecule has 2 rings (SSSR count). The van der Waals surface area contributed by atoms with E-state index in [4.69, 9.17) is 5.11 Å². The Hall–Kier alpha value is -1.30. The Morgan fingerprint density at radius 1 is 1.20 bits per heavy atom. The van der Waals surface area contributed by atoms with E-state index < -0.39 is 5.97 Å². The van der Waals surface area contributed by atoms with E-state index in [-0.39, 0.29) is 30.5 Å². The van der Waals surface area contributed by atoms with Crippen molar-refractivity contribution in [3.63, 3.8) is 0 Å². The fourth-order valence-electron chi connectivity index (χ4n) is 3.21. The van der Waals surface area contributed by atoms with Gasteiger partial charge in [-0.3, -0.25) is 4.79 Å². The zero-order chi connectivity index (χ0) is 14.5. The average Bonchev–Trinajstić information content (AvgIpc) is 2.47. The Kier molecular flexibility index (Phi) is 5.23. The van der Waals surface area contributed by atoms with E-state index in [1.165, 1.54) is 0 Å². The first-order valence-corrected chi connectivity index (χ1v) is 7.49. The second-order valence-electron chi connectivity index (χ2n) is 5.99. The summed E-state index contributed by atoms with van der Waals surface area (Å²) in [7, 11) is 0. The summed E-state index contributed by atoms with van der Waals surface area (Å²) in [5.74, 6) is -0.921. The molecule has 3 unspecified atom stereocenters. The molecule has 0 aromatic rings. The van der Waals surface area contributed by atoms with Crippen LogP contribution >= 0.6 is 0 Å². The molecule has 0 spiro atoms. The number of aliphatic hydroxyl groups is 1. The summed E-state index contributed by atoms with van der Waals surface area (Å²) in [5.41, 5.74) is 0. The lowest BCUT2D eigenvalue weighted by Gasteiger charge is -2.34. The molecule has 3 atom stereocenters. The lowest BCUT2D eigenvalue weighted by molar-refractivity contribution is -0.143. The fourth-order valence-corrected chi connectivity index (χ4v) is 3.21. The van der Waals surface area contributed by atoms with Gasteiger partial charge in [0.15, 0.2) is 0 Å². The minimum atomic E-state index is -0.762. The van der Waals surface area contributed by atoms with Crippen LogP contribution in [0.5, 0.6) is 0 Å². The third kappa shape index (κ3) is 3.85. The van der Waals surface area contributed by atoms with Gasteiger partial charge in [-0.25, -0.2) is 4.79 Å². The molecule has 1 aliphatic carbocycles. The van der Waals surface area contributed by atoms with Gasteiger partial charge in [-0.05, 0) is 38.0 Å². The maximum atomic E-state index is 12.2. The first kappa shape index (κ1) is 15.1. The number of urea groups is 1. The molecule has 6 nitrogen and oxygen atoms in total. The SMILES string of the molecule is O=C(O)C1CCCC(NC(=O)N2CCCC(CO)C2)C1. The van der Waals surface area contributed by atoms with Crippen LogP contribution in [0.4, 0.5) is 4.79 Å². The number of rotatable bonds is 3. The maximum Gasteiger partial charge on any atom is 0.317 e. The van der Waals surface area contributed by atoms with Crippen LogP contribution in [-0.2, 0) is 4.79 Å². The fraction of sp³-hybridized carbons (Fsp3) is 0.857. The number of nitrogens with one attached hydrogen (secondary N) is 1. The molecular weight excluding hydrogens is 260 g/mol. The molecule has 6 heteroatoms. The quantitative estimate of drug-likeness (QED) is 0.722. The molecule has 2 aliphatic rings. The van der Waals surface area contributed by atoms with Crippen molar-refractivity contribution >= 4 is 12.0 Å². The molecule has 0 aromatic carbocycles. The number of carboxylic acid groups (broad SMARTS) is 1. The van der Waals surface area contributed by atoms with Crippen LogP contribution in [0, 0.1) is 11.8 Å². The molecule has 1 aliphatic heterocycles. The number of nitrogens with zero attached hydrogens (tertiary/aromatic N) is 1. The summed E-state index contributed by atoms with van der Waals surface area (Å²) in [6, 6.07) is -0.147. The van der Waals surface area contributed by atoms with Crippen LogP contribution in [0.3, 0.4) is 0 Å². The van der Waals surface area contributed by atoms with Crippen molar-refractivity contribution in [2.45, 2.75) is 44.6 Å². The Bertz CT molecular complexity index is 361. The Labute approximate surface area is 119 Å². The van der Waals surface area contributed by atoms with Crippen LogP contribution in [0.1, 0.15) is 38.5 Å². The maximum absolute atomic E-state index is 12.2. The van der Waals surface area contributed by atoms with Crippen molar-refractivity contribution in [3.05, 3.63) is 0 Å². The number of carbonyl (C=O) groups is 2. The summed E-state index contributed by atoms with van der Waals surface area (Å²) < 4.78 is 0. The number of aliphatic carboxylic acids is 1. The normalized spacial score (nSPS) is 30.9. The topological polar surface area (TPSA) is 89.9 Å². The van der Waals surface area contributed by atoms with E-state index in [1.54, 1.807) is 4.90 Å². The Morgan fingerprint density at radius 2 is 2.00 bits per heavy atom. The molecule has 1 heterocycles. The lowest BCUT2D eigenvalue weighted by atomic mass is 9.86. The van der Waals surface area contributed by atoms with Crippen molar-refractivity contribution < 1.29 is 19.8 Å². The highest BCUT2D eigenvalue weighted by Gasteiger charge is 2.30. The van der Waals surface area contributed by atoms with Crippen LogP contribution in [0.25, 0.3) is 0 Å². The summed E-state index contributed by atoms with van der Waals surface area (Å²) in [6.07, 6.45) is 4.82. The zero-order valence-electron chi connectivity index (χ0n) is 11.8. The highest BCUT2D eigenvalue weighted by atomic mass is 16.4. The predicted molar refractivity (Wildman–Crippen MR) is 73.3 cm³/mol. The molecule has 0 bridgehead atoms. The van der Waals surface area contributed by atoms with Crippen molar-refractivity contribution in [1.82, 2.24) is 10.2 Å². The first-order valence-electron chi connectivity index (χ1n) is 7.49. The van der Waals surface area contributed by atoms with Gasteiger partial charge in [0.05, 0.1) is 5.92 Å². The highest BCUT2D eigenvalue weighted by molar-refractivity contribution is 5.75. The average molecular weight is 284 g/mol. The second-order valence-corrected chi connectivity index (χ2v) is 5.99. The minimum Gasteiger partial charge on any atom is -0.481 e. The second kappa shape index (κ2) is 6.92. The van der Waals surface area contributed by atoms with E-state index in [9.17, 15) is 14.7 Å². The smallest absolute Gasteiger partial charge is 0.317 e. The third-order valence-corrected chi connectivity index (χ3v) is 4.42. The number of hydrogen-bond donors (Lipinski definition) is 3. The van der Waals surface area contributed by atoms with Gasteiger partial charge in [-0.15, -0.1) is 0 Å². The highest BCUT2D eigenvalue weighted by Crippen LogP contribution is 2.25. The predicted octanol–water partition coefficient (Wildman–Crippen LogP) is 1.04. The number of aliphatic hydroxyl groups excluding tert-OH is 1. The summed E-state index contributed by atoms with van der Waals surface area (Å²) >= 11 is 0. The number of hydrogen-bond acceptors (Lipinski definition) is 3. The molecule has 1 saturated heterocycles. The molecule has 114 valence electrons. The number of carboxylic acids is 1. The van der Waals surface area contributed by atoms with Gasteiger partial charge >= 0.3 is 12.0 Å². The first-order chi connectivity index (χ1) is 9.60. The summed E-state index contributed by atoms with van der Waals surface area (Å²) in [5, 5.41) is 21.2. The molecule has 0 radical (unpaired) electrons. The van der Waals surface area contributed by atoms with Gasteiger partial charge in [0.1, 0.15) is 0 Å². The monoisotopic (exact) mass is 284 g/mol. The van der Waals surface area contributed by atoms with E-state index >= 15 is 0 Å². The van der Waals surface area contributed by atoms with Crippen LogP contribution in [0.15, 0.2) is 0 Å². The van der Waals surface area contributed by atoms with Crippen molar-refractivity contribution in [3.8, 4) is 0 Å². The van der Waals surface area contributed by atoms with E-state index in [0.29, 0.717) is 19.4 Å². The third-order valence-electron chi connectivity index (χ3n) is 4.42. The summed E-state index contributed by atoms with van der Waals surface area (Å²) in [6.45, 7) is 1.43. The van der Waals surface area contributed by atoms with Gasteiger partial charge in [0, 0.05) is 25.7 Å². The molecule has 20 heavy (non-hydrogen) atoms. The number of amides is 2. The van der Waals surface area contributed by atoms with Crippen LogP contribution in [0.2, 0.25) is 0 Å². The standard InChI is InChI=1S/C14H24N2O4/c17-9-10-3-2-6-16(8-10)14(20)15-12-5-1-4-11(7-12)13(18)19/h10-12,17H,1-9H2,(H,15,20)(H,18,19). The lowest BCUT2D eigenvalue weighted by Crippen LogP contribution is -2.50. The Morgan fingerprint density at radius 3 is 2.70 bits per heavy atom. The van der Waals surface area contributed by atoms with E-state index in [0.717, 1.165) is 32.2 Å². The van der Waals surface area contributed by atoms with Crippen molar-refractivity contribution in [2.24, 2.45) is 11.8 Å². The summed E-state index contributed by atoms with van der Waals surface area (Å²) in [4.78, 5) is 25.0. The van der Waals surface area contributed by atoms with Crippen molar-refractivity contribution in [1.29, 1.82) is 0 Å². The zero-order valence-corrected chi connectivity index (χ0v) is 11.8. The van der Waals surface area contributed by atoms with Gasteiger partial charge in [0.25, 0.3) is 0 Å². The number of likely N-dealkylation sites (tertiary alicyclic amines) is 1. The van der Waals surface area contributed by atoms with Gasteiger partial charge in [-0.1, -0.05) is 6.42 Å². The number of piperidine rings is 1. The molecule has 1 saturated carbocycles. The molecule has 2 fully saturated rings. The molecular formula is C14H24N2O4. The molecule has 0 aromatic heterocycles. The van der Waals surface area contributed by atoms with Gasteiger partial charge in [0.2, 0.25) is 0 Å². The van der Waals surface area contributed by atoms with E-state index in [2.05, 4.69) is 5.32 Å². The Balaban J connectivity index is 1.83. The van der Waals surface area contributed by atoms with Gasteiger partial charge in [-0.2, -0.15) is 0 Å². The molecule has 2 amide bonds. The molecule has 3 N–H and O–H groups in total. The largest absolute Gasteiger partial charge is 0.481 e. The van der Waals surface area contributed by atoms with Crippen LogP contribution in [-0.4, -0.2) is 52.9 Å².